The molecule has 0 aliphatic heterocycles. The van der Waals surface area contributed by atoms with E-state index in [2.05, 4.69) is 84.9 Å². The summed E-state index contributed by atoms with van der Waals surface area (Å²) < 4.78 is 0. The van der Waals surface area contributed by atoms with Crippen molar-refractivity contribution in [3.63, 3.8) is 0 Å². The molecule has 6 rings (SSSR count). The molecule has 154 valence electrons. The van der Waals surface area contributed by atoms with Gasteiger partial charge in [0, 0.05) is 21.7 Å². The van der Waals surface area contributed by atoms with Crippen LogP contribution in [0.1, 0.15) is 0 Å². The highest BCUT2D eigenvalue weighted by Gasteiger charge is 2.25. The van der Waals surface area contributed by atoms with Crippen LogP contribution >= 0.6 is 7.49 Å². The molecular weight excluding hydrogens is 409 g/mol. The molecule has 0 amide bonds. The monoisotopic (exact) mass is 432 g/mol. The average Bonchev–Trinajstić information content (AvgIpc) is 2.81. The van der Waals surface area contributed by atoms with E-state index in [0.717, 1.165) is 37.9 Å². The second-order valence-electron chi connectivity index (χ2n) is 8.83. The number of hydrogen-bond acceptors (Lipinski definition) is 2. The Morgan fingerprint density at radius 1 is 0.625 bits per heavy atom. The number of nitrogens with zero attached hydrogens (tertiary/aromatic N) is 1. The normalized spacial score (nSPS) is 12.2. The molecule has 0 aliphatic carbocycles. The predicted octanol–water partition coefficient (Wildman–Crippen LogP) is 7.17. The lowest BCUT2D eigenvalue weighted by Gasteiger charge is -2.15. The van der Waals surface area contributed by atoms with Gasteiger partial charge in [0.25, 0.3) is 0 Å². The van der Waals surface area contributed by atoms with Crippen LogP contribution < -0.4 is 5.30 Å². The van der Waals surface area contributed by atoms with E-state index < -0.39 is 7.49 Å². The summed E-state index contributed by atoms with van der Waals surface area (Å²) in [5.74, 6) is 0. The molecule has 0 saturated carbocycles. The summed E-state index contributed by atoms with van der Waals surface area (Å²) in [5, 5.41) is 7.99. The molecule has 0 fully saturated rings. The van der Waals surface area contributed by atoms with Gasteiger partial charge in [-0.25, -0.2) is 9.88 Å². The van der Waals surface area contributed by atoms with Crippen LogP contribution in [0, 0.1) is 0 Å². The molecule has 1 N–H and O–H groups in total. The fourth-order valence-corrected chi connectivity index (χ4v) is 5.54. The minimum atomic E-state index is -2.12. The van der Waals surface area contributed by atoms with Crippen LogP contribution in [-0.4, -0.2) is 23.2 Å². The fraction of sp³-hybridized carbons (Fsp3) is 0.0690. The number of benzene rings is 5. The second-order valence-corrected chi connectivity index (χ2v) is 12.1. The molecule has 0 saturated heterocycles. The molecule has 1 aromatic heterocycles. The maximum atomic E-state index is 10.7. The Morgan fingerprint density at radius 2 is 1.34 bits per heavy atom. The summed E-state index contributed by atoms with van der Waals surface area (Å²) in [5.41, 5.74) is 4.37. The van der Waals surface area contributed by atoms with Gasteiger partial charge in [0.1, 0.15) is 5.30 Å². The van der Waals surface area contributed by atoms with Crippen molar-refractivity contribution in [2.45, 2.75) is 0 Å². The molecule has 1 heterocycles. The van der Waals surface area contributed by atoms with Gasteiger partial charge in [-0.15, -0.1) is 0 Å². The summed E-state index contributed by atoms with van der Waals surface area (Å²) in [6, 6.07) is 34.2. The predicted molar refractivity (Wildman–Crippen MR) is 140 cm³/mol. The number of rotatable bonds is 2. The molecule has 0 atom stereocenters. The SMILES string of the molecule is C[P+](C)(O)c1ccc2ccc3c(-c4ccc5ccccc5c4)c4ccccc4nc3c2c1. The zero-order valence-electron chi connectivity index (χ0n) is 18.1. The lowest BCUT2D eigenvalue weighted by atomic mass is 9.93. The maximum absolute atomic E-state index is 10.7. The van der Waals surface area contributed by atoms with Crippen LogP contribution in [-0.2, 0) is 0 Å². The van der Waals surface area contributed by atoms with Crippen molar-refractivity contribution < 1.29 is 4.89 Å². The van der Waals surface area contributed by atoms with E-state index in [4.69, 9.17) is 4.98 Å². The van der Waals surface area contributed by atoms with E-state index in [1.807, 2.05) is 25.5 Å². The minimum Gasteiger partial charge on any atom is -0.247 e. The number of pyridine rings is 1. The lowest BCUT2D eigenvalue weighted by molar-refractivity contribution is 0.625. The molecule has 3 heteroatoms. The molecule has 0 aliphatic rings. The first kappa shape index (κ1) is 19.4. The first-order chi connectivity index (χ1) is 15.5. The van der Waals surface area contributed by atoms with Gasteiger partial charge in [0.2, 0.25) is 0 Å². The summed E-state index contributed by atoms with van der Waals surface area (Å²) in [7, 11) is -2.12. The van der Waals surface area contributed by atoms with E-state index in [1.165, 1.54) is 21.9 Å². The number of aromatic nitrogens is 1. The van der Waals surface area contributed by atoms with Crippen LogP contribution in [0.25, 0.3) is 54.5 Å². The summed E-state index contributed by atoms with van der Waals surface area (Å²) in [4.78, 5) is 15.8. The van der Waals surface area contributed by atoms with Gasteiger partial charge < -0.3 is 0 Å². The van der Waals surface area contributed by atoms with Gasteiger partial charge in [-0.1, -0.05) is 72.8 Å². The minimum absolute atomic E-state index is 0.985. The molecular formula is C29H23NOP+. The van der Waals surface area contributed by atoms with E-state index in [9.17, 15) is 4.89 Å². The quantitative estimate of drug-likeness (QED) is 0.179. The summed E-state index contributed by atoms with van der Waals surface area (Å²) >= 11 is 0. The molecule has 6 aromatic rings. The van der Waals surface area contributed by atoms with E-state index >= 15 is 0 Å². The molecule has 0 spiro atoms. The first-order valence-electron chi connectivity index (χ1n) is 10.8. The van der Waals surface area contributed by atoms with Crippen molar-refractivity contribution in [2.75, 3.05) is 13.3 Å². The standard InChI is InChI=1S/C29H23NOP/c1-32(2,31)23-15-13-20-14-16-25-28(22-12-11-19-7-3-4-8-21(19)17-22)24-9-5-6-10-27(24)30-29(25)26(20)18-23/h3-18,31H,1-2H3/q+1. The van der Waals surface area contributed by atoms with Crippen molar-refractivity contribution in [1.29, 1.82) is 0 Å². The van der Waals surface area contributed by atoms with Crippen LogP contribution in [0.2, 0.25) is 0 Å². The average molecular weight is 432 g/mol. The number of hydrogen-bond donors (Lipinski definition) is 1. The zero-order chi connectivity index (χ0) is 21.9. The van der Waals surface area contributed by atoms with Crippen molar-refractivity contribution in [1.82, 2.24) is 4.98 Å². The van der Waals surface area contributed by atoms with Gasteiger partial charge >= 0.3 is 0 Å². The van der Waals surface area contributed by atoms with Gasteiger partial charge in [-0.05, 0) is 46.0 Å². The topological polar surface area (TPSA) is 33.1 Å². The number of fused-ring (bicyclic) bond motifs is 5. The molecule has 0 unspecified atom stereocenters. The van der Waals surface area contributed by atoms with Crippen molar-refractivity contribution in [3.8, 4) is 11.1 Å². The fourth-order valence-electron chi connectivity index (χ4n) is 4.66. The smallest absolute Gasteiger partial charge is 0.168 e. The molecule has 5 aromatic carbocycles. The van der Waals surface area contributed by atoms with E-state index in [-0.39, 0.29) is 0 Å². The van der Waals surface area contributed by atoms with Gasteiger partial charge in [-0.2, -0.15) is 0 Å². The Balaban J connectivity index is 1.76. The molecule has 0 bridgehead atoms. The third-order valence-electron chi connectivity index (χ3n) is 6.32. The van der Waals surface area contributed by atoms with Gasteiger partial charge in [0.15, 0.2) is 7.49 Å². The Morgan fingerprint density at radius 3 is 2.19 bits per heavy atom. The van der Waals surface area contributed by atoms with Crippen LogP contribution in [0.4, 0.5) is 0 Å². The zero-order valence-corrected chi connectivity index (χ0v) is 19.0. The Kier molecular flexibility index (Phi) is 4.30. The molecule has 2 nitrogen and oxygen atoms in total. The maximum Gasteiger partial charge on any atom is 0.168 e. The summed E-state index contributed by atoms with van der Waals surface area (Å²) in [6.07, 6.45) is 0. The first-order valence-corrected chi connectivity index (χ1v) is 13.4. The molecule has 0 radical (unpaired) electrons. The third-order valence-corrected chi connectivity index (χ3v) is 7.86. The second kappa shape index (κ2) is 7.10. The number of para-hydroxylation sites is 1. The van der Waals surface area contributed by atoms with Crippen molar-refractivity contribution in [2.24, 2.45) is 0 Å². The Hall–Kier alpha value is -3.32. The van der Waals surface area contributed by atoms with Crippen LogP contribution in [0.5, 0.6) is 0 Å². The van der Waals surface area contributed by atoms with Crippen LogP contribution in [0.3, 0.4) is 0 Å². The highest BCUT2D eigenvalue weighted by Crippen LogP contribution is 2.45. The van der Waals surface area contributed by atoms with Gasteiger partial charge in [0.05, 0.1) is 24.4 Å². The van der Waals surface area contributed by atoms with Gasteiger partial charge in [-0.3, -0.25) is 0 Å². The van der Waals surface area contributed by atoms with E-state index in [0.29, 0.717) is 0 Å². The lowest BCUT2D eigenvalue weighted by Crippen LogP contribution is -2.07. The Bertz CT molecular complexity index is 1660. The Labute approximate surface area is 187 Å². The van der Waals surface area contributed by atoms with Crippen molar-refractivity contribution in [3.05, 3.63) is 97.1 Å². The largest absolute Gasteiger partial charge is 0.247 e. The third kappa shape index (κ3) is 3.07. The highest BCUT2D eigenvalue weighted by molar-refractivity contribution is 7.76. The van der Waals surface area contributed by atoms with Crippen LogP contribution in [0.15, 0.2) is 97.1 Å². The molecule has 32 heavy (non-hydrogen) atoms. The summed E-state index contributed by atoms with van der Waals surface area (Å²) in [6.45, 7) is 3.87. The van der Waals surface area contributed by atoms with E-state index in [1.54, 1.807) is 0 Å². The van der Waals surface area contributed by atoms with Crippen molar-refractivity contribution >= 4 is 56.1 Å². The highest BCUT2D eigenvalue weighted by atomic mass is 31.2.